The fraction of sp³-hybridized carbons (Fsp3) is 0.200. The number of hydrogen-bond donors (Lipinski definition) is 0. The number of rotatable bonds is 2. The van der Waals surface area contributed by atoms with Crippen LogP contribution in [0.15, 0.2) is 36.4 Å². The van der Waals surface area contributed by atoms with E-state index in [9.17, 15) is 0 Å². The van der Waals surface area contributed by atoms with E-state index < -0.39 is 0 Å². The van der Waals surface area contributed by atoms with Crippen LogP contribution in [0.1, 0.15) is 27.6 Å². The second-order valence-corrected chi connectivity index (χ2v) is 6.39. The molecule has 0 N–H and O–H groups in total. The van der Waals surface area contributed by atoms with Crippen LogP contribution in [0.25, 0.3) is 0 Å². The highest BCUT2D eigenvalue weighted by Crippen LogP contribution is 2.32. The van der Waals surface area contributed by atoms with Crippen molar-refractivity contribution < 1.29 is 0 Å². The third-order valence-electron chi connectivity index (χ3n) is 3.06. The second-order valence-electron chi connectivity index (χ2n) is 4.38. The van der Waals surface area contributed by atoms with Crippen LogP contribution in [-0.4, -0.2) is 0 Å². The summed E-state index contributed by atoms with van der Waals surface area (Å²) in [6.07, 6.45) is 0. The van der Waals surface area contributed by atoms with Gasteiger partial charge in [-0.05, 0) is 70.8 Å². The molecule has 18 heavy (non-hydrogen) atoms. The van der Waals surface area contributed by atoms with Crippen molar-refractivity contribution in [3.63, 3.8) is 0 Å². The van der Waals surface area contributed by atoms with Gasteiger partial charge >= 0.3 is 0 Å². The van der Waals surface area contributed by atoms with Gasteiger partial charge in [0.25, 0.3) is 0 Å². The van der Waals surface area contributed by atoms with Crippen molar-refractivity contribution in [1.82, 2.24) is 0 Å². The van der Waals surface area contributed by atoms with Gasteiger partial charge in [0.1, 0.15) is 0 Å². The molecular weight excluding hydrogens is 378 g/mol. The van der Waals surface area contributed by atoms with Crippen LogP contribution in [0, 0.1) is 17.4 Å². The zero-order valence-electron chi connectivity index (χ0n) is 10.2. The van der Waals surface area contributed by atoms with E-state index in [1.807, 2.05) is 18.2 Å². The van der Waals surface area contributed by atoms with Crippen LogP contribution >= 0.6 is 45.8 Å². The van der Waals surface area contributed by atoms with Crippen molar-refractivity contribution in [2.45, 2.75) is 19.2 Å². The van der Waals surface area contributed by atoms with Crippen molar-refractivity contribution in [1.29, 1.82) is 0 Å². The Bertz CT molecular complexity index is 527. The van der Waals surface area contributed by atoms with Gasteiger partial charge in [-0.1, -0.05) is 35.9 Å². The summed E-state index contributed by atoms with van der Waals surface area (Å²) in [6, 6.07) is 12.3. The molecule has 0 fully saturated rings. The van der Waals surface area contributed by atoms with E-state index in [0.717, 1.165) is 19.7 Å². The third kappa shape index (κ3) is 3.01. The molecule has 0 spiro atoms. The first kappa shape index (κ1) is 14.2. The fourth-order valence-corrected chi connectivity index (χ4v) is 2.58. The normalized spacial score (nSPS) is 12.5. The molecule has 2 rings (SSSR count). The van der Waals surface area contributed by atoms with Gasteiger partial charge in [-0.25, -0.2) is 0 Å². The van der Waals surface area contributed by atoms with E-state index in [1.165, 1.54) is 11.1 Å². The zero-order chi connectivity index (χ0) is 13.3. The SMILES string of the molecule is Cc1ccc(C(Cl)c2ccc(I)c(Cl)c2)cc1C. The fourth-order valence-electron chi connectivity index (χ4n) is 1.78. The molecule has 0 amide bonds. The molecule has 1 unspecified atom stereocenters. The molecule has 2 aromatic rings. The second kappa shape index (κ2) is 5.81. The molecular formula is C15H13Cl2I. The first-order valence-electron chi connectivity index (χ1n) is 5.65. The first-order chi connectivity index (χ1) is 8.49. The lowest BCUT2D eigenvalue weighted by molar-refractivity contribution is 1.12. The van der Waals surface area contributed by atoms with Gasteiger partial charge in [-0.2, -0.15) is 0 Å². The van der Waals surface area contributed by atoms with Gasteiger partial charge in [-0.15, -0.1) is 11.6 Å². The van der Waals surface area contributed by atoms with Crippen molar-refractivity contribution in [2.24, 2.45) is 0 Å². The predicted octanol–water partition coefficient (Wildman–Crippen LogP) is 5.89. The van der Waals surface area contributed by atoms with Crippen molar-refractivity contribution >= 4 is 45.8 Å². The third-order valence-corrected chi connectivity index (χ3v) is 5.14. The molecule has 0 aliphatic rings. The van der Waals surface area contributed by atoms with Crippen LogP contribution in [0.2, 0.25) is 5.02 Å². The maximum atomic E-state index is 6.52. The number of halogens is 3. The monoisotopic (exact) mass is 390 g/mol. The minimum Gasteiger partial charge on any atom is -0.113 e. The molecule has 1 atom stereocenters. The molecule has 0 aliphatic carbocycles. The van der Waals surface area contributed by atoms with Gasteiger partial charge in [0.2, 0.25) is 0 Å². The van der Waals surface area contributed by atoms with Gasteiger partial charge in [0, 0.05) is 3.57 Å². The van der Waals surface area contributed by atoms with Gasteiger partial charge < -0.3 is 0 Å². The van der Waals surface area contributed by atoms with Crippen LogP contribution < -0.4 is 0 Å². The average Bonchev–Trinajstić information content (AvgIpc) is 2.35. The molecule has 2 aromatic carbocycles. The maximum absolute atomic E-state index is 6.52. The minimum atomic E-state index is -0.154. The van der Waals surface area contributed by atoms with Crippen molar-refractivity contribution in [2.75, 3.05) is 0 Å². The molecule has 0 saturated carbocycles. The molecule has 0 bridgehead atoms. The molecule has 0 nitrogen and oxygen atoms in total. The average molecular weight is 391 g/mol. The Labute approximate surface area is 131 Å². The standard InChI is InChI=1S/C15H13Cl2I/c1-9-3-4-11(7-10(9)2)15(17)12-5-6-14(18)13(16)8-12/h3-8,15H,1-2H3. The molecule has 0 aliphatic heterocycles. The van der Waals surface area contributed by atoms with E-state index in [0.29, 0.717) is 0 Å². The van der Waals surface area contributed by atoms with Crippen LogP contribution in [0.4, 0.5) is 0 Å². The Morgan fingerprint density at radius 2 is 1.56 bits per heavy atom. The summed E-state index contributed by atoms with van der Waals surface area (Å²) in [5, 5.41) is 0.599. The van der Waals surface area contributed by atoms with E-state index in [-0.39, 0.29) is 5.38 Å². The van der Waals surface area contributed by atoms with E-state index in [1.54, 1.807) is 0 Å². The molecule has 3 heteroatoms. The molecule has 0 heterocycles. The Hall–Kier alpha value is -0.250. The summed E-state index contributed by atoms with van der Waals surface area (Å²) in [6.45, 7) is 4.20. The summed E-state index contributed by atoms with van der Waals surface area (Å²) in [5.74, 6) is 0. The summed E-state index contributed by atoms with van der Waals surface area (Å²) < 4.78 is 1.04. The summed E-state index contributed by atoms with van der Waals surface area (Å²) >= 11 is 14.9. The first-order valence-corrected chi connectivity index (χ1v) is 7.54. The number of alkyl halides is 1. The zero-order valence-corrected chi connectivity index (χ0v) is 13.8. The van der Waals surface area contributed by atoms with Crippen LogP contribution in [-0.2, 0) is 0 Å². The lowest BCUT2D eigenvalue weighted by Gasteiger charge is -2.13. The highest BCUT2D eigenvalue weighted by Gasteiger charge is 2.12. The quantitative estimate of drug-likeness (QED) is 0.443. The van der Waals surface area contributed by atoms with Crippen LogP contribution in [0.5, 0.6) is 0 Å². The smallest absolute Gasteiger partial charge is 0.0836 e. The predicted molar refractivity (Wildman–Crippen MR) is 87.8 cm³/mol. The Kier molecular flexibility index (Phi) is 4.57. The Morgan fingerprint density at radius 3 is 2.17 bits per heavy atom. The maximum Gasteiger partial charge on any atom is 0.0836 e. The van der Waals surface area contributed by atoms with Crippen molar-refractivity contribution in [3.8, 4) is 0 Å². The number of aryl methyl sites for hydroxylation is 2. The van der Waals surface area contributed by atoms with Crippen LogP contribution in [0.3, 0.4) is 0 Å². The van der Waals surface area contributed by atoms with E-state index >= 15 is 0 Å². The summed E-state index contributed by atoms with van der Waals surface area (Å²) in [4.78, 5) is 0. The lowest BCUT2D eigenvalue weighted by atomic mass is 10.00. The molecule has 0 aromatic heterocycles. The Morgan fingerprint density at radius 1 is 0.944 bits per heavy atom. The van der Waals surface area contributed by atoms with Crippen molar-refractivity contribution in [3.05, 3.63) is 67.2 Å². The molecule has 94 valence electrons. The summed E-state index contributed by atoms with van der Waals surface area (Å²) in [7, 11) is 0. The molecule has 0 saturated heterocycles. The number of hydrogen-bond acceptors (Lipinski definition) is 0. The van der Waals surface area contributed by atoms with Gasteiger partial charge in [0.05, 0.1) is 10.4 Å². The summed E-state index contributed by atoms with van der Waals surface area (Å²) in [5.41, 5.74) is 4.68. The highest BCUT2D eigenvalue weighted by molar-refractivity contribution is 14.1. The van der Waals surface area contributed by atoms with E-state index in [2.05, 4.69) is 54.6 Å². The minimum absolute atomic E-state index is 0.154. The molecule has 0 radical (unpaired) electrons. The topological polar surface area (TPSA) is 0 Å². The number of benzene rings is 2. The Balaban J connectivity index is 2.37. The highest BCUT2D eigenvalue weighted by atomic mass is 127. The van der Waals surface area contributed by atoms with E-state index in [4.69, 9.17) is 23.2 Å². The van der Waals surface area contributed by atoms with Gasteiger partial charge in [0.15, 0.2) is 0 Å². The van der Waals surface area contributed by atoms with Gasteiger partial charge in [-0.3, -0.25) is 0 Å². The lowest BCUT2D eigenvalue weighted by Crippen LogP contribution is -1.95. The largest absolute Gasteiger partial charge is 0.113 e.